The van der Waals surface area contributed by atoms with Gasteiger partial charge in [-0.1, -0.05) is 194 Å². The molecule has 0 saturated carbocycles. The van der Waals surface area contributed by atoms with E-state index in [1.54, 1.807) is 0 Å². The molecule has 46 heavy (non-hydrogen) atoms. The van der Waals surface area contributed by atoms with E-state index in [-0.39, 0.29) is 0 Å². The average Bonchev–Trinajstić information content (AvgIpc) is 3.13. The van der Waals surface area contributed by atoms with Crippen LogP contribution in [0.15, 0.2) is 170 Å². The molecule has 0 fully saturated rings. The standard InChI is InChI=1S/C46H32/c1-5-17-33(18-6-1)29-31-41-37-25-13-14-26-38(37)42(32-30-34-19-7-2-8-20-34)46-44(36-23-11-4-12-24-36)40-28-16-15-27-39(40)43(45(41)46)35-21-9-3-10-22-35/h1-32H/b31-29+,32-30+. The van der Waals surface area contributed by atoms with Crippen LogP contribution in [0.3, 0.4) is 0 Å². The summed E-state index contributed by atoms with van der Waals surface area (Å²) < 4.78 is 0. The van der Waals surface area contributed by atoms with E-state index in [0.717, 1.165) is 0 Å². The van der Waals surface area contributed by atoms with E-state index in [2.05, 4.69) is 194 Å². The van der Waals surface area contributed by atoms with Gasteiger partial charge in [0.05, 0.1) is 0 Å². The zero-order valence-electron chi connectivity index (χ0n) is 25.5. The molecule has 0 amide bonds. The molecule has 0 aliphatic carbocycles. The molecule has 8 aromatic rings. The second kappa shape index (κ2) is 12.2. The lowest BCUT2D eigenvalue weighted by Crippen LogP contribution is -1.97. The Bertz CT molecular complexity index is 2190. The molecule has 0 spiro atoms. The van der Waals surface area contributed by atoms with Gasteiger partial charge in [-0.25, -0.2) is 0 Å². The first-order chi connectivity index (χ1) is 22.9. The maximum absolute atomic E-state index is 2.33. The fourth-order valence-corrected chi connectivity index (χ4v) is 6.84. The van der Waals surface area contributed by atoms with Crippen molar-refractivity contribution in [3.05, 3.63) is 192 Å². The monoisotopic (exact) mass is 584 g/mol. The van der Waals surface area contributed by atoms with Gasteiger partial charge in [-0.2, -0.15) is 0 Å². The topological polar surface area (TPSA) is 0 Å². The van der Waals surface area contributed by atoms with Crippen molar-refractivity contribution in [3.8, 4) is 22.3 Å². The first-order valence-corrected chi connectivity index (χ1v) is 15.9. The summed E-state index contributed by atoms with van der Waals surface area (Å²) in [6.07, 6.45) is 9.18. The Morgan fingerprint density at radius 1 is 0.261 bits per heavy atom. The third-order valence-electron chi connectivity index (χ3n) is 8.87. The molecule has 0 N–H and O–H groups in total. The predicted molar refractivity (Wildman–Crippen MR) is 201 cm³/mol. The third kappa shape index (κ3) is 5.01. The van der Waals surface area contributed by atoms with Crippen molar-refractivity contribution in [2.75, 3.05) is 0 Å². The Kier molecular flexibility index (Phi) is 7.30. The molecule has 0 nitrogen and oxygen atoms in total. The Hall–Kier alpha value is -5.98. The van der Waals surface area contributed by atoms with Gasteiger partial charge in [0.2, 0.25) is 0 Å². The Morgan fingerprint density at radius 2 is 0.565 bits per heavy atom. The molecule has 0 aromatic heterocycles. The highest BCUT2D eigenvalue weighted by atomic mass is 14.3. The fraction of sp³-hybridized carbons (Fsp3) is 0. The number of hydrogen-bond donors (Lipinski definition) is 0. The van der Waals surface area contributed by atoms with E-state index in [4.69, 9.17) is 0 Å². The average molecular weight is 585 g/mol. The third-order valence-corrected chi connectivity index (χ3v) is 8.87. The summed E-state index contributed by atoms with van der Waals surface area (Å²) in [6.45, 7) is 0. The molecular formula is C46H32. The summed E-state index contributed by atoms with van der Waals surface area (Å²) in [5.74, 6) is 0. The highest BCUT2D eigenvalue weighted by molar-refractivity contribution is 6.29. The van der Waals surface area contributed by atoms with Crippen molar-refractivity contribution in [2.24, 2.45) is 0 Å². The fourth-order valence-electron chi connectivity index (χ4n) is 6.84. The summed E-state index contributed by atoms with van der Waals surface area (Å²) in [6, 6.07) is 60.9. The van der Waals surface area contributed by atoms with Gasteiger partial charge in [-0.3, -0.25) is 0 Å². The van der Waals surface area contributed by atoms with E-state index >= 15 is 0 Å². The molecular weight excluding hydrogens is 553 g/mol. The van der Waals surface area contributed by atoms with Crippen LogP contribution in [0.2, 0.25) is 0 Å². The summed E-state index contributed by atoms with van der Waals surface area (Å²) in [7, 11) is 0. The predicted octanol–water partition coefficient (Wildman–Crippen LogP) is 12.8. The normalized spacial score (nSPS) is 11.7. The van der Waals surface area contributed by atoms with Crippen LogP contribution in [0, 0.1) is 0 Å². The Balaban J connectivity index is 1.64. The molecule has 0 heteroatoms. The molecule has 8 aromatic carbocycles. The van der Waals surface area contributed by atoms with Gasteiger partial charge in [-0.15, -0.1) is 0 Å². The summed E-state index contributed by atoms with van der Waals surface area (Å²) in [5, 5.41) is 7.51. The summed E-state index contributed by atoms with van der Waals surface area (Å²) in [5.41, 5.74) is 9.77. The first kappa shape index (κ1) is 27.6. The van der Waals surface area contributed by atoms with Gasteiger partial charge < -0.3 is 0 Å². The van der Waals surface area contributed by atoms with Crippen LogP contribution in [0.5, 0.6) is 0 Å². The smallest absolute Gasteiger partial charge is 0.000763 e. The minimum atomic E-state index is 1.18. The van der Waals surface area contributed by atoms with Gasteiger partial charge in [0.25, 0.3) is 0 Å². The first-order valence-electron chi connectivity index (χ1n) is 15.9. The van der Waals surface area contributed by atoms with Crippen LogP contribution >= 0.6 is 0 Å². The minimum absolute atomic E-state index is 1.18. The van der Waals surface area contributed by atoms with E-state index < -0.39 is 0 Å². The zero-order chi connectivity index (χ0) is 30.7. The molecule has 8 rings (SSSR count). The highest BCUT2D eigenvalue weighted by Crippen LogP contribution is 2.49. The Morgan fingerprint density at radius 3 is 0.935 bits per heavy atom. The molecule has 216 valence electrons. The molecule has 0 atom stereocenters. The molecule has 0 saturated heterocycles. The van der Waals surface area contributed by atoms with Crippen LogP contribution in [0.4, 0.5) is 0 Å². The molecule has 0 unspecified atom stereocenters. The van der Waals surface area contributed by atoms with Crippen LogP contribution < -0.4 is 0 Å². The molecule has 0 bridgehead atoms. The van der Waals surface area contributed by atoms with Crippen molar-refractivity contribution in [1.82, 2.24) is 0 Å². The largest absolute Gasteiger partial charge is 0.0622 e. The minimum Gasteiger partial charge on any atom is -0.0622 e. The summed E-state index contributed by atoms with van der Waals surface area (Å²) >= 11 is 0. The van der Waals surface area contributed by atoms with Crippen LogP contribution in [0.1, 0.15) is 22.3 Å². The van der Waals surface area contributed by atoms with E-state index in [1.807, 2.05) is 0 Å². The highest BCUT2D eigenvalue weighted by Gasteiger charge is 2.22. The maximum atomic E-state index is 2.33. The lowest BCUT2D eigenvalue weighted by Gasteiger charge is -2.23. The maximum Gasteiger partial charge on any atom is -0.000763 e. The molecule has 0 radical (unpaired) electrons. The van der Waals surface area contributed by atoms with E-state index in [9.17, 15) is 0 Å². The lowest BCUT2D eigenvalue weighted by molar-refractivity contribution is 1.64. The zero-order valence-corrected chi connectivity index (χ0v) is 25.5. The van der Waals surface area contributed by atoms with Crippen molar-refractivity contribution in [3.63, 3.8) is 0 Å². The van der Waals surface area contributed by atoms with Crippen LogP contribution in [0.25, 0.3) is 78.9 Å². The van der Waals surface area contributed by atoms with Crippen molar-refractivity contribution < 1.29 is 0 Å². The number of benzene rings is 8. The van der Waals surface area contributed by atoms with Crippen LogP contribution in [-0.2, 0) is 0 Å². The van der Waals surface area contributed by atoms with Crippen molar-refractivity contribution in [1.29, 1.82) is 0 Å². The van der Waals surface area contributed by atoms with E-state index in [1.165, 1.54) is 76.8 Å². The number of hydrogen-bond acceptors (Lipinski definition) is 0. The second-order valence-corrected chi connectivity index (χ2v) is 11.6. The second-order valence-electron chi connectivity index (χ2n) is 11.6. The molecule has 0 aliphatic heterocycles. The van der Waals surface area contributed by atoms with Gasteiger partial charge in [0.15, 0.2) is 0 Å². The van der Waals surface area contributed by atoms with Gasteiger partial charge in [0.1, 0.15) is 0 Å². The quantitative estimate of drug-likeness (QED) is 0.135. The van der Waals surface area contributed by atoms with Crippen molar-refractivity contribution >= 4 is 56.6 Å². The van der Waals surface area contributed by atoms with E-state index in [0.29, 0.717) is 0 Å². The summed E-state index contributed by atoms with van der Waals surface area (Å²) in [4.78, 5) is 0. The van der Waals surface area contributed by atoms with Gasteiger partial charge >= 0.3 is 0 Å². The van der Waals surface area contributed by atoms with Gasteiger partial charge in [0, 0.05) is 0 Å². The number of rotatable bonds is 6. The van der Waals surface area contributed by atoms with Crippen molar-refractivity contribution in [2.45, 2.75) is 0 Å². The Labute approximate surface area is 270 Å². The molecule has 0 heterocycles. The SMILES string of the molecule is C(=C\c1c2ccccc2c(/C=C/c2ccccc2)c2c(-c3ccccc3)c3ccccc3c(-c3ccccc3)c12)/c1ccccc1. The number of fused-ring (bicyclic) bond motifs is 3. The van der Waals surface area contributed by atoms with Crippen LogP contribution in [-0.4, -0.2) is 0 Å². The van der Waals surface area contributed by atoms with Gasteiger partial charge in [-0.05, 0) is 76.8 Å². The molecule has 0 aliphatic rings. The lowest BCUT2D eigenvalue weighted by atomic mass is 9.80.